The van der Waals surface area contributed by atoms with Gasteiger partial charge >= 0.3 is 0 Å². The molecule has 1 heterocycles. The number of rotatable bonds is 4. The van der Waals surface area contributed by atoms with Gasteiger partial charge in [0.15, 0.2) is 0 Å². The zero-order valence-corrected chi connectivity index (χ0v) is 10.5. The third-order valence-corrected chi connectivity index (χ3v) is 4.23. The molecule has 0 aromatic heterocycles. The molecule has 14 heavy (non-hydrogen) atoms. The minimum atomic E-state index is 0.511. The molecule has 0 radical (unpaired) electrons. The van der Waals surface area contributed by atoms with Crippen molar-refractivity contribution in [1.29, 1.82) is 0 Å². The largest absolute Gasteiger partial charge is 0.303 e. The first-order valence-electron chi connectivity index (χ1n) is 6.28. The Labute approximate surface area is 89.9 Å². The summed E-state index contributed by atoms with van der Waals surface area (Å²) >= 11 is 0. The van der Waals surface area contributed by atoms with Gasteiger partial charge in [-0.25, -0.2) is 0 Å². The smallest absolute Gasteiger partial charge is 0.00121 e. The van der Waals surface area contributed by atoms with Crippen LogP contribution in [-0.4, -0.2) is 24.5 Å². The van der Waals surface area contributed by atoms with E-state index in [2.05, 4.69) is 32.6 Å². The molecule has 0 amide bonds. The first-order valence-corrected chi connectivity index (χ1v) is 6.28. The molecule has 1 atom stereocenters. The first-order chi connectivity index (χ1) is 6.56. The maximum atomic E-state index is 2.66. The number of hydrogen-bond donors (Lipinski definition) is 0. The summed E-state index contributed by atoms with van der Waals surface area (Å²) in [6.07, 6.45) is 5.57. The van der Waals surface area contributed by atoms with Crippen LogP contribution >= 0.6 is 0 Å². The van der Waals surface area contributed by atoms with Gasteiger partial charge < -0.3 is 4.90 Å². The summed E-state index contributed by atoms with van der Waals surface area (Å²) in [5.74, 6) is 0.825. The predicted octanol–water partition coefficient (Wildman–Crippen LogP) is 3.54. The number of hydrogen-bond acceptors (Lipinski definition) is 1. The highest BCUT2D eigenvalue weighted by atomic mass is 15.1. The van der Waals surface area contributed by atoms with E-state index in [0.29, 0.717) is 5.41 Å². The minimum absolute atomic E-state index is 0.511. The Morgan fingerprint density at radius 3 is 2.21 bits per heavy atom. The van der Waals surface area contributed by atoms with Crippen LogP contribution < -0.4 is 0 Å². The zero-order chi connectivity index (χ0) is 10.6. The van der Waals surface area contributed by atoms with E-state index >= 15 is 0 Å². The van der Waals surface area contributed by atoms with Gasteiger partial charge in [0.2, 0.25) is 0 Å². The van der Waals surface area contributed by atoms with Crippen molar-refractivity contribution in [1.82, 2.24) is 4.90 Å². The topological polar surface area (TPSA) is 3.24 Å². The molecule has 0 saturated carbocycles. The van der Waals surface area contributed by atoms with Gasteiger partial charge in [0.05, 0.1) is 0 Å². The van der Waals surface area contributed by atoms with E-state index in [9.17, 15) is 0 Å². The molecule has 1 saturated heterocycles. The van der Waals surface area contributed by atoms with Crippen LogP contribution in [0.5, 0.6) is 0 Å². The van der Waals surface area contributed by atoms with E-state index in [0.717, 1.165) is 5.92 Å². The fourth-order valence-corrected chi connectivity index (χ4v) is 2.12. The summed E-state index contributed by atoms with van der Waals surface area (Å²) < 4.78 is 0. The van der Waals surface area contributed by atoms with Crippen molar-refractivity contribution in [2.24, 2.45) is 11.3 Å². The van der Waals surface area contributed by atoms with Crippen LogP contribution in [0.25, 0.3) is 0 Å². The average Bonchev–Trinajstić information content (AvgIpc) is 2.19. The average molecular weight is 197 g/mol. The minimum Gasteiger partial charge on any atom is -0.303 e. The Hall–Kier alpha value is -0.0400. The lowest BCUT2D eigenvalue weighted by Crippen LogP contribution is -2.37. The summed E-state index contributed by atoms with van der Waals surface area (Å²) in [6.45, 7) is 13.5. The molecule has 1 unspecified atom stereocenters. The van der Waals surface area contributed by atoms with Gasteiger partial charge in [-0.2, -0.15) is 0 Å². The second-order valence-electron chi connectivity index (χ2n) is 5.60. The van der Waals surface area contributed by atoms with Gasteiger partial charge in [0, 0.05) is 6.54 Å². The van der Waals surface area contributed by atoms with Crippen LogP contribution in [0.1, 0.15) is 53.4 Å². The molecule has 0 N–H and O–H groups in total. The fourth-order valence-electron chi connectivity index (χ4n) is 2.12. The van der Waals surface area contributed by atoms with Gasteiger partial charge in [0.1, 0.15) is 0 Å². The lowest BCUT2D eigenvalue weighted by atomic mass is 9.77. The monoisotopic (exact) mass is 197 g/mol. The Morgan fingerprint density at radius 2 is 1.71 bits per heavy atom. The summed E-state index contributed by atoms with van der Waals surface area (Å²) in [5.41, 5.74) is 0.511. The molecule has 0 aromatic rings. The molecular formula is C13H27N. The van der Waals surface area contributed by atoms with Crippen LogP contribution in [-0.2, 0) is 0 Å². The van der Waals surface area contributed by atoms with Crippen LogP contribution in [0.2, 0.25) is 0 Å². The normalized spacial score (nSPS) is 22.3. The van der Waals surface area contributed by atoms with Gasteiger partial charge in [0.25, 0.3) is 0 Å². The highest BCUT2D eigenvalue weighted by molar-refractivity contribution is 4.77. The summed E-state index contributed by atoms with van der Waals surface area (Å²) in [6, 6.07) is 0. The van der Waals surface area contributed by atoms with E-state index in [4.69, 9.17) is 0 Å². The van der Waals surface area contributed by atoms with Crippen molar-refractivity contribution in [2.75, 3.05) is 19.6 Å². The van der Waals surface area contributed by atoms with Gasteiger partial charge in [-0.05, 0) is 37.3 Å². The molecule has 1 aliphatic rings. The van der Waals surface area contributed by atoms with Crippen molar-refractivity contribution >= 4 is 0 Å². The predicted molar refractivity (Wildman–Crippen MR) is 63.5 cm³/mol. The molecule has 1 rings (SSSR count). The maximum Gasteiger partial charge on any atom is 0.00121 e. The van der Waals surface area contributed by atoms with E-state index in [1.165, 1.54) is 45.3 Å². The Balaban J connectivity index is 2.34. The Kier molecular flexibility index (Phi) is 4.43. The standard InChI is InChI=1S/C13H27N/c1-5-13(3,4)12(2)11-14-9-7-6-8-10-14/h12H,5-11H2,1-4H3. The molecule has 1 heteroatoms. The summed E-state index contributed by atoms with van der Waals surface area (Å²) in [5, 5.41) is 0. The maximum absolute atomic E-state index is 2.66. The highest BCUT2D eigenvalue weighted by Gasteiger charge is 2.25. The quantitative estimate of drug-likeness (QED) is 0.666. The van der Waals surface area contributed by atoms with Crippen LogP contribution in [0.3, 0.4) is 0 Å². The third-order valence-electron chi connectivity index (χ3n) is 4.23. The zero-order valence-electron chi connectivity index (χ0n) is 10.5. The molecular weight excluding hydrogens is 170 g/mol. The van der Waals surface area contributed by atoms with Gasteiger partial charge in [-0.3, -0.25) is 0 Å². The molecule has 0 aromatic carbocycles. The molecule has 1 aliphatic heterocycles. The molecule has 0 spiro atoms. The number of piperidine rings is 1. The first kappa shape index (κ1) is 12.0. The van der Waals surface area contributed by atoms with Crippen LogP contribution in [0.4, 0.5) is 0 Å². The van der Waals surface area contributed by atoms with Crippen LogP contribution in [0, 0.1) is 11.3 Å². The molecule has 0 aliphatic carbocycles. The lowest BCUT2D eigenvalue weighted by Gasteiger charge is -2.36. The van der Waals surface area contributed by atoms with E-state index in [1.54, 1.807) is 0 Å². The summed E-state index contributed by atoms with van der Waals surface area (Å²) in [4.78, 5) is 2.66. The van der Waals surface area contributed by atoms with Crippen molar-refractivity contribution in [3.05, 3.63) is 0 Å². The van der Waals surface area contributed by atoms with Crippen molar-refractivity contribution in [3.8, 4) is 0 Å². The van der Waals surface area contributed by atoms with Crippen molar-refractivity contribution in [3.63, 3.8) is 0 Å². The Bertz CT molecular complexity index is 157. The van der Waals surface area contributed by atoms with Gasteiger partial charge in [-0.15, -0.1) is 0 Å². The van der Waals surface area contributed by atoms with Crippen molar-refractivity contribution in [2.45, 2.75) is 53.4 Å². The summed E-state index contributed by atoms with van der Waals surface area (Å²) in [7, 11) is 0. The Morgan fingerprint density at radius 1 is 1.14 bits per heavy atom. The SMILES string of the molecule is CCC(C)(C)C(C)CN1CCCCC1. The van der Waals surface area contributed by atoms with Crippen LogP contribution in [0.15, 0.2) is 0 Å². The van der Waals surface area contributed by atoms with Gasteiger partial charge in [-0.1, -0.05) is 40.5 Å². The molecule has 0 bridgehead atoms. The molecule has 1 nitrogen and oxygen atoms in total. The van der Waals surface area contributed by atoms with E-state index in [1.807, 2.05) is 0 Å². The second-order valence-corrected chi connectivity index (χ2v) is 5.60. The number of nitrogens with zero attached hydrogens (tertiary/aromatic N) is 1. The fraction of sp³-hybridized carbons (Fsp3) is 1.00. The number of likely N-dealkylation sites (tertiary alicyclic amines) is 1. The second kappa shape index (κ2) is 5.16. The molecule has 84 valence electrons. The van der Waals surface area contributed by atoms with E-state index < -0.39 is 0 Å². The molecule has 1 fully saturated rings. The highest BCUT2D eigenvalue weighted by Crippen LogP contribution is 2.31. The lowest BCUT2D eigenvalue weighted by molar-refractivity contribution is 0.128. The van der Waals surface area contributed by atoms with E-state index in [-0.39, 0.29) is 0 Å². The van der Waals surface area contributed by atoms with Crippen molar-refractivity contribution < 1.29 is 0 Å². The third kappa shape index (κ3) is 3.27.